The molecule has 0 aliphatic heterocycles. The number of aryl methyl sites for hydroxylation is 1. The Hall–Kier alpha value is -2.11. The number of pyridine rings is 1. The van der Waals surface area contributed by atoms with E-state index in [4.69, 9.17) is 0 Å². The molecule has 0 aliphatic carbocycles. The van der Waals surface area contributed by atoms with Crippen LogP contribution in [-0.2, 0) is 12.6 Å². The maximum Gasteiger partial charge on any atom is 0.416 e. The van der Waals surface area contributed by atoms with E-state index < -0.39 is 17.7 Å². The minimum atomic E-state index is -4.51. The molecular weight excluding hydrogens is 271 g/mol. The summed E-state index contributed by atoms with van der Waals surface area (Å²) in [4.78, 5) is 15.6. The Morgan fingerprint density at radius 3 is 2.50 bits per heavy atom. The maximum atomic E-state index is 12.7. The number of hydrogen-bond acceptors (Lipinski definition) is 2. The van der Waals surface area contributed by atoms with E-state index in [1.165, 1.54) is 6.07 Å². The standard InChI is InChI=1S/C14H12F3NO2/c1-3-10-7(2)12(13(19)20)9-6-8(14(15,16)17)4-5-11(9)18-10/h4-6H,3H2,1-2H3,(H,19,20). The van der Waals surface area contributed by atoms with Gasteiger partial charge in [0.15, 0.2) is 0 Å². The second-order valence-corrected chi connectivity index (χ2v) is 4.45. The number of carboxylic acids is 1. The number of hydrogen-bond donors (Lipinski definition) is 1. The fourth-order valence-electron chi connectivity index (χ4n) is 2.21. The minimum absolute atomic E-state index is 0.0158. The van der Waals surface area contributed by atoms with Gasteiger partial charge in [0.1, 0.15) is 0 Å². The number of benzene rings is 1. The number of aromatic nitrogens is 1. The molecule has 1 N–H and O–H groups in total. The van der Waals surface area contributed by atoms with Crippen molar-refractivity contribution < 1.29 is 23.1 Å². The summed E-state index contributed by atoms with van der Waals surface area (Å²) in [7, 11) is 0. The summed E-state index contributed by atoms with van der Waals surface area (Å²) < 4.78 is 38.2. The molecule has 20 heavy (non-hydrogen) atoms. The lowest BCUT2D eigenvalue weighted by atomic mass is 9.99. The third kappa shape index (κ3) is 2.33. The zero-order valence-electron chi connectivity index (χ0n) is 10.9. The normalized spacial score (nSPS) is 11.8. The first kappa shape index (κ1) is 14.3. The van der Waals surface area contributed by atoms with Gasteiger partial charge in [-0.15, -0.1) is 0 Å². The van der Waals surface area contributed by atoms with E-state index in [0.717, 1.165) is 12.1 Å². The van der Waals surface area contributed by atoms with Gasteiger partial charge in [-0.05, 0) is 37.1 Å². The Morgan fingerprint density at radius 2 is 2.00 bits per heavy atom. The molecule has 1 heterocycles. The number of carbonyl (C=O) groups is 1. The molecule has 0 fully saturated rings. The maximum absolute atomic E-state index is 12.7. The third-order valence-electron chi connectivity index (χ3n) is 3.21. The molecule has 1 aromatic carbocycles. The van der Waals surface area contributed by atoms with Crippen molar-refractivity contribution >= 4 is 16.9 Å². The van der Waals surface area contributed by atoms with E-state index in [1.807, 2.05) is 6.92 Å². The molecule has 0 saturated heterocycles. The lowest BCUT2D eigenvalue weighted by Gasteiger charge is -2.13. The summed E-state index contributed by atoms with van der Waals surface area (Å²) >= 11 is 0. The Labute approximate surface area is 113 Å². The van der Waals surface area contributed by atoms with Crippen LogP contribution in [0.25, 0.3) is 10.9 Å². The van der Waals surface area contributed by atoms with Gasteiger partial charge < -0.3 is 5.11 Å². The van der Waals surface area contributed by atoms with Gasteiger partial charge in [-0.25, -0.2) is 4.79 Å². The number of alkyl halides is 3. The molecule has 1 aromatic heterocycles. The molecule has 106 valence electrons. The van der Waals surface area contributed by atoms with Crippen molar-refractivity contribution in [3.05, 3.63) is 40.6 Å². The molecule has 0 unspecified atom stereocenters. The van der Waals surface area contributed by atoms with Crippen LogP contribution in [0.2, 0.25) is 0 Å². The first-order chi connectivity index (χ1) is 9.25. The molecule has 2 aromatic rings. The molecule has 0 atom stereocenters. The van der Waals surface area contributed by atoms with Crippen molar-refractivity contribution in [2.75, 3.05) is 0 Å². The van der Waals surface area contributed by atoms with E-state index in [0.29, 0.717) is 17.7 Å². The highest BCUT2D eigenvalue weighted by molar-refractivity contribution is 6.04. The van der Waals surface area contributed by atoms with E-state index in [9.17, 15) is 23.1 Å². The van der Waals surface area contributed by atoms with Gasteiger partial charge in [-0.2, -0.15) is 13.2 Å². The van der Waals surface area contributed by atoms with Crippen molar-refractivity contribution in [3.8, 4) is 0 Å². The number of carboxylic acid groups (broad SMARTS) is 1. The molecule has 0 spiro atoms. The predicted octanol–water partition coefficient (Wildman–Crippen LogP) is 3.82. The van der Waals surface area contributed by atoms with Gasteiger partial charge in [0.2, 0.25) is 0 Å². The van der Waals surface area contributed by atoms with Crippen molar-refractivity contribution in [1.82, 2.24) is 4.98 Å². The van der Waals surface area contributed by atoms with Crippen LogP contribution in [0.1, 0.15) is 34.1 Å². The average Bonchev–Trinajstić information content (AvgIpc) is 2.35. The van der Waals surface area contributed by atoms with Crippen LogP contribution in [0.4, 0.5) is 13.2 Å². The van der Waals surface area contributed by atoms with E-state index in [-0.39, 0.29) is 16.5 Å². The molecule has 0 aliphatic rings. The molecule has 0 amide bonds. The summed E-state index contributed by atoms with van der Waals surface area (Å²) in [5, 5.41) is 9.28. The topological polar surface area (TPSA) is 50.2 Å². The second-order valence-electron chi connectivity index (χ2n) is 4.45. The van der Waals surface area contributed by atoms with Crippen LogP contribution in [0, 0.1) is 6.92 Å². The van der Waals surface area contributed by atoms with Crippen LogP contribution in [0.15, 0.2) is 18.2 Å². The number of halogens is 3. The molecule has 3 nitrogen and oxygen atoms in total. The van der Waals surface area contributed by atoms with Crippen LogP contribution < -0.4 is 0 Å². The summed E-state index contributed by atoms with van der Waals surface area (Å²) in [5.74, 6) is -1.25. The first-order valence-corrected chi connectivity index (χ1v) is 5.99. The summed E-state index contributed by atoms with van der Waals surface area (Å²) in [5.41, 5.74) is 0.259. The largest absolute Gasteiger partial charge is 0.478 e. The Morgan fingerprint density at radius 1 is 1.35 bits per heavy atom. The van der Waals surface area contributed by atoms with Gasteiger partial charge in [0, 0.05) is 11.1 Å². The second kappa shape index (κ2) is 4.77. The van der Waals surface area contributed by atoms with Gasteiger partial charge in [-0.3, -0.25) is 4.98 Å². The average molecular weight is 283 g/mol. The summed E-state index contributed by atoms with van der Waals surface area (Å²) in [6.07, 6.45) is -4.00. The fourth-order valence-corrected chi connectivity index (χ4v) is 2.21. The van der Waals surface area contributed by atoms with Crippen LogP contribution in [-0.4, -0.2) is 16.1 Å². The zero-order valence-corrected chi connectivity index (χ0v) is 10.9. The molecule has 0 bridgehead atoms. The van der Waals surface area contributed by atoms with Gasteiger partial charge in [0.25, 0.3) is 0 Å². The van der Waals surface area contributed by atoms with E-state index >= 15 is 0 Å². The molecular formula is C14H12F3NO2. The summed E-state index contributed by atoms with van der Waals surface area (Å²) in [6, 6.07) is 2.97. The SMILES string of the molecule is CCc1nc2ccc(C(F)(F)F)cc2c(C(=O)O)c1C. The quantitative estimate of drug-likeness (QED) is 0.911. The minimum Gasteiger partial charge on any atom is -0.478 e. The predicted molar refractivity (Wildman–Crippen MR) is 67.8 cm³/mol. The summed E-state index contributed by atoms with van der Waals surface area (Å²) in [6.45, 7) is 3.38. The Balaban J connectivity index is 2.86. The third-order valence-corrected chi connectivity index (χ3v) is 3.21. The Bertz CT molecular complexity index is 693. The lowest BCUT2D eigenvalue weighted by Crippen LogP contribution is -2.09. The number of rotatable bonds is 2. The number of fused-ring (bicyclic) bond motifs is 1. The first-order valence-electron chi connectivity index (χ1n) is 5.99. The van der Waals surface area contributed by atoms with Crippen LogP contribution >= 0.6 is 0 Å². The van der Waals surface area contributed by atoms with E-state index in [1.54, 1.807) is 6.92 Å². The molecule has 0 saturated carbocycles. The highest BCUT2D eigenvalue weighted by Crippen LogP contribution is 2.33. The Kier molecular flexibility index (Phi) is 3.41. The monoisotopic (exact) mass is 283 g/mol. The van der Waals surface area contributed by atoms with Crippen molar-refractivity contribution in [3.63, 3.8) is 0 Å². The molecule has 6 heteroatoms. The highest BCUT2D eigenvalue weighted by Gasteiger charge is 2.31. The molecule has 0 radical (unpaired) electrons. The van der Waals surface area contributed by atoms with Crippen molar-refractivity contribution in [2.24, 2.45) is 0 Å². The van der Waals surface area contributed by atoms with Gasteiger partial charge >= 0.3 is 12.1 Å². The van der Waals surface area contributed by atoms with E-state index in [2.05, 4.69) is 4.98 Å². The van der Waals surface area contributed by atoms with Crippen LogP contribution in [0.3, 0.4) is 0 Å². The van der Waals surface area contributed by atoms with Gasteiger partial charge in [-0.1, -0.05) is 6.92 Å². The van der Waals surface area contributed by atoms with Crippen molar-refractivity contribution in [2.45, 2.75) is 26.4 Å². The van der Waals surface area contributed by atoms with Crippen LogP contribution in [0.5, 0.6) is 0 Å². The molecule has 2 rings (SSSR count). The highest BCUT2D eigenvalue weighted by atomic mass is 19.4. The zero-order chi connectivity index (χ0) is 15.1. The van der Waals surface area contributed by atoms with Gasteiger partial charge in [0.05, 0.1) is 16.6 Å². The smallest absolute Gasteiger partial charge is 0.416 e. The fraction of sp³-hybridized carbons (Fsp3) is 0.286. The lowest BCUT2D eigenvalue weighted by molar-refractivity contribution is -0.137. The van der Waals surface area contributed by atoms with Crippen molar-refractivity contribution in [1.29, 1.82) is 0 Å². The number of aromatic carboxylic acids is 1. The number of nitrogens with zero attached hydrogens (tertiary/aromatic N) is 1.